The van der Waals surface area contributed by atoms with Crippen LogP contribution < -0.4 is 10.2 Å². The molecule has 1 fully saturated rings. The number of carbonyl (C=O) groups is 1. The summed E-state index contributed by atoms with van der Waals surface area (Å²) in [5, 5.41) is 7.07. The van der Waals surface area contributed by atoms with E-state index in [0.717, 1.165) is 50.8 Å². The van der Waals surface area contributed by atoms with Gasteiger partial charge in [0.05, 0.1) is 5.69 Å². The minimum Gasteiger partial charge on any atom is -0.352 e. The Labute approximate surface area is 169 Å². The minimum absolute atomic E-state index is 0.0545. The summed E-state index contributed by atoms with van der Waals surface area (Å²) in [6, 6.07) is 9.16. The van der Waals surface area contributed by atoms with E-state index >= 15 is 0 Å². The van der Waals surface area contributed by atoms with Crippen LogP contribution in [0.2, 0.25) is 0 Å². The first-order valence-corrected chi connectivity index (χ1v) is 9.77. The van der Waals surface area contributed by atoms with Gasteiger partial charge in [-0.1, -0.05) is 0 Å². The van der Waals surface area contributed by atoms with E-state index in [1.807, 2.05) is 18.2 Å². The van der Waals surface area contributed by atoms with Gasteiger partial charge in [0, 0.05) is 50.7 Å². The monoisotopic (exact) mass is 392 g/mol. The van der Waals surface area contributed by atoms with Crippen molar-refractivity contribution in [1.29, 1.82) is 0 Å². The fourth-order valence-corrected chi connectivity index (χ4v) is 3.34. The normalized spacial score (nSPS) is 14.7. The zero-order valence-electron chi connectivity index (χ0n) is 16.2. The third-order valence-electron chi connectivity index (χ3n) is 4.96. The first-order chi connectivity index (χ1) is 14.3. The van der Waals surface area contributed by atoms with Crippen molar-refractivity contribution < 1.29 is 4.79 Å². The number of hydrogen-bond acceptors (Lipinski definition) is 7. The van der Waals surface area contributed by atoms with Crippen molar-refractivity contribution in [3.05, 3.63) is 60.9 Å². The minimum atomic E-state index is -0.0545. The number of amides is 1. The van der Waals surface area contributed by atoms with Gasteiger partial charge in [-0.05, 0) is 43.3 Å². The average Bonchev–Trinajstić information content (AvgIpc) is 3.33. The van der Waals surface area contributed by atoms with Crippen molar-refractivity contribution in [3.8, 4) is 5.69 Å². The third kappa shape index (κ3) is 4.94. The summed E-state index contributed by atoms with van der Waals surface area (Å²) >= 11 is 0. The van der Waals surface area contributed by atoms with Gasteiger partial charge in [-0.25, -0.2) is 19.6 Å². The van der Waals surface area contributed by atoms with Gasteiger partial charge in [0.15, 0.2) is 0 Å². The third-order valence-corrected chi connectivity index (χ3v) is 4.96. The molecule has 1 amide bonds. The Hall–Kier alpha value is -3.33. The van der Waals surface area contributed by atoms with Crippen molar-refractivity contribution in [3.63, 3.8) is 0 Å². The lowest BCUT2D eigenvalue weighted by atomic mass is 10.2. The summed E-state index contributed by atoms with van der Waals surface area (Å²) < 4.78 is 1.66. The molecule has 1 saturated heterocycles. The molecular weight excluding hydrogens is 368 g/mol. The molecule has 0 bridgehead atoms. The molecule has 9 heteroatoms. The fraction of sp³-hybridized carbons (Fsp3) is 0.350. The Balaban J connectivity index is 1.16. The number of hydrogen-bond donors (Lipinski definition) is 1. The van der Waals surface area contributed by atoms with Gasteiger partial charge in [-0.3, -0.25) is 9.69 Å². The smallest absolute Gasteiger partial charge is 0.251 e. The highest BCUT2D eigenvalue weighted by Gasteiger charge is 2.18. The van der Waals surface area contributed by atoms with Gasteiger partial charge in [0.2, 0.25) is 5.95 Å². The Morgan fingerprint density at radius 2 is 1.79 bits per heavy atom. The SMILES string of the molecule is O=C(NCCCN1CCN(c2ncccn2)CC1)c1ccc(-n2cncn2)cc1. The quantitative estimate of drug-likeness (QED) is 0.600. The standard InChI is InChI=1S/C20H24N8O/c29-19(17-3-5-18(6-4-17)28-16-21-15-25-28)22-9-2-10-26-11-13-27(14-12-26)20-23-7-1-8-24-20/h1,3-8,15-16H,2,9-14H2,(H,22,29). The molecule has 0 radical (unpaired) electrons. The highest BCUT2D eigenvalue weighted by atomic mass is 16.1. The van der Waals surface area contributed by atoms with E-state index in [0.29, 0.717) is 12.1 Å². The van der Waals surface area contributed by atoms with E-state index in [2.05, 4.69) is 35.2 Å². The van der Waals surface area contributed by atoms with E-state index in [4.69, 9.17) is 0 Å². The number of nitrogens with one attached hydrogen (secondary N) is 1. The summed E-state index contributed by atoms with van der Waals surface area (Å²) in [4.78, 5) is 29.5. The molecule has 9 nitrogen and oxygen atoms in total. The number of aromatic nitrogens is 5. The predicted octanol–water partition coefficient (Wildman–Crippen LogP) is 0.999. The Morgan fingerprint density at radius 3 is 2.48 bits per heavy atom. The molecule has 3 heterocycles. The highest BCUT2D eigenvalue weighted by molar-refractivity contribution is 5.94. The molecule has 1 aliphatic heterocycles. The van der Waals surface area contributed by atoms with Gasteiger partial charge < -0.3 is 10.2 Å². The maximum Gasteiger partial charge on any atom is 0.251 e. The van der Waals surface area contributed by atoms with Crippen LogP contribution in [0.4, 0.5) is 5.95 Å². The zero-order chi connectivity index (χ0) is 19.9. The fourth-order valence-electron chi connectivity index (χ4n) is 3.34. The lowest BCUT2D eigenvalue weighted by Crippen LogP contribution is -2.47. The molecule has 1 N–H and O–H groups in total. The van der Waals surface area contributed by atoms with Crippen LogP contribution in [0.3, 0.4) is 0 Å². The van der Waals surface area contributed by atoms with E-state index in [-0.39, 0.29) is 5.91 Å². The molecule has 29 heavy (non-hydrogen) atoms. The predicted molar refractivity (Wildman–Crippen MR) is 109 cm³/mol. The number of benzene rings is 1. The molecule has 1 aromatic carbocycles. The molecule has 3 aromatic rings. The number of anilines is 1. The maximum atomic E-state index is 12.3. The van der Waals surface area contributed by atoms with E-state index in [1.165, 1.54) is 6.33 Å². The molecule has 0 unspecified atom stereocenters. The van der Waals surface area contributed by atoms with Crippen molar-refractivity contribution in [2.75, 3.05) is 44.2 Å². The zero-order valence-corrected chi connectivity index (χ0v) is 16.2. The van der Waals surface area contributed by atoms with Crippen molar-refractivity contribution in [2.24, 2.45) is 0 Å². The van der Waals surface area contributed by atoms with Crippen LogP contribution in [0.1, 0.15) is 16.8 Å². The summed E-state index contributed by atoms with van der Waals surface area (Å²) in [6.07, 6.45) is 7.58. The van der Waals surface area contributed by atoms with Crippen LogP contribution in [-0.2, 0) is 0 Å². The lowest BCUT2D eigenvalue weighted by molar-refractivity contribution is 0.0951. The molecule has 0 saturated carbocycles. The molecule has 1 aliphatic rings. The maximum absolute atomic E-state index is 12.3. The Kier molecular flexibility index (Phi) is 6.06. The van der Waals surface area contributed by atoms with Crippen molar-refractivity contribution in [2.45, 2.75) is 6.42 Å². The summed E-state index contributed by atoms with van der Waals surface area (Å²) in [5.74, 6) is 0.746. The second kappa shape index (κ2) is 9.24. The second-order valence-electron chi connectivity index (χ2n) is 6.87. The second-order valence-corrected chi connectivity index (χ2v) is 6.87. The van der Waals surface area contributed by atoms with Gasteiger partial charge in [-0.15, -0.1) is 0 Å². The van der Waals surface area contributed by atoms with Crippen LogP contribution in [0.15, 0.2) is 55.4 Å². The Bertz CT molecular complexity index is 890. The van der Waals surface area contributed by atoms with Gasteiger partial charge in [-0.2, -0.15) is 5.10 Å². The molecule has 0 atom stereocenters. The topological polar surface area (TPSA) is 92.1 Å². The summed E-state index contributed by atoms with van der Waals surface area (Å²) in [5.41, 5.74) is 1.52. The number of rotatable bonds is 7. The molecular formula is C20H24N8O. The lowest BCUT2D eigenvalue weighted by Gasteiger charge is -2.34. The average molecular weight is 392 g/mol. The van der Waals surface area contributed by atoms with Crippen LogP contribution >= 0.6 is 0 Å². The molecule has 2 aromatic heterocycles. The van der Waals surface area contributed by atoms with Crippen LogP contribution in [0, 0.1) is 0 Å². The number of carbonyl (C=O) groups excluding carboxylic acids is 1. The van der Waals surface area contributed by atoms with Gasteiger partial charge in [0.25, 0.3) is 5.91 Å². The molecule has 0 aliphatic carbocycles. The Morgan fingerprint density at radius 1 is 1.03 bits per heavy atom. The van der Waals surface area contributed by atoms with Crippen LogP contribution in [0.25, 0.3) is 5.69 Å². The molecule has 150 valence electrons. The van der Waals surface area contributed by atoms with Crippen LogP contribution in [-0.4, -0.2) is 74.8 Å². The first kappa shape index (κ1) is 19.0. The molecule has 0 spiro atoms. The van der Waals surface area contributed by atoms with E-state index < -0.39 is 0 Å². The van der Waals surface area contributed by atoms with Crippen LogP contribution in [0.5, 0.6) is 0 Å². The largest absolute Gasteiger partial charge is 0.352 e. The summed E-state index contributed by atoms with van der Waals surface area (Å²) in [7, 11) is 0. The first-order valence-electron chi connectivity index (χ1n) is 9.77. The van der Waals surface area contributed by atoms with E-state index in [9.17, 15) is 4.79 Å². The molecule has 4 rings (SSSR count). The summed E-state index contributed by atoms with van der Waals surface area (Å²) in [6.45, 7) is 5.44. The van der Waals surface area contributed by atoms with Gasteiger partial charge >= 0.3 is 0 Å². The number of piperazine rings is 1. The highest BCUT2D eigenvalue weighted by Crippen LogP contribution is 2.10. The van der Waals surface area contributed by atoms with E-state index in [1.54, 1.807) is 35.5 Å². The number of nitrogens with zero attached hydrogens (tertiary/aromatic N) is 7. The van der Waals surface area contributed by atoms with Crippen molar-refractivity contribution >= 4 is 11.9 Å². The van der Waals surface area contributed by atoms with Crippen molar-refractivity contribution in [1.82, 2.24) is 34.9 Å². The van der Waals surface area contributed by atoms with Gasteiger partial charge in [0.1, 0.15) is 12.7 Å².